The Morgan fingerprint density at radius 3 is 2.48 bits per heavy atom. The molecule has 0 atom stereocenters. The van der Waals surface area contributed by atoms with E-state index in [0.717, 1.165) is 23.4 Å². The van der Waals surface area contributed by atoms with Crippen LogP contribution in [0.3, 0.4) is 0 Å². The molecule has 0 aliphatic carbocycles. The fourth-order valence-electron chi connectivity index (χ4n) is 2.48. The average molecular weight is 294 g/mol. The molecule has 0 spiro atoms. The zero-order valence-corrected chi connectivity index (χ0v) is 13.7. The highest BCUT2D eigenvalue weighted by Gasteiger charge is 2.21. The molecular formula is C16H26N2O3. The van der Waals surface area contributed by atoms with Crippen molar-refractivity contribution in [3.8, 4) is 0 Å². The maximum absolute atomic E-state index is 12.0. The number of rotatable bonds is 7. The first-order valence-electron chi connectivity index (χ1n) is 7.52. The normalized spacial score (nSPS) is 10.5. The zero-order chi connectivity index (χ0) is 16.0. The van der Waals surface area contributed by atoms with Crippen LogP contribution in [0.4, 0.5) is 0 Å². The Labute approximate surface area is 126 Å². The number of aromatic nitrogens is 1. The Kier molecular flexibility index (Phi) is 6.46. The molecule has 0 bridgehead atoms. The smallest absolute Gasteiger partial charge is 0.340 e. The first-order chi connectivity index (χ1) is 9.93. The highest BCUT2D eigenvalue weighted by molar-refractivity contribution is 5.93. The van der Waals surface area contributed by atoms with Gasteiger partial charge in [-0.25, -0.2) is 4.79 Å². The van der Waals surface area contributed by atoms with Gasteiger partial charge in [-0.1, -0.05) is 6.92 Å². The van der Waals surface area contributed by atoms with Crippen LogP contribution in [0.5, 0.6) is 0 Å². The van der Waals surface area contributed by atoms with Crippen LogP contribution in [-0.4, -0.2) is 29.6 Å². The number of esters is 1. The predicted octanol–water partition coefficient (Wildman–Crippen LogP) is 2.28. The van der Waals surface area contributed by atoms with Crippen molar-refractivity contribution in [1.29, 1.82) is 0 Å². The Balaban J connectivity index is 2.87. The molecule has 0 fully saturated rings. The van der Waals surface area contributed by atoms with E-state index in [1.165, 1.54) is 0 Å². The Bertz CT molecular complexity index is 518. The lowest BCUT2D eigenvalue weighted by atomic mass is 10.1. The lowest BCUT2D eigenvalue weighted by molar-refractivity contribution is -0.121. The van der Waals surface area contributed by atoms with E-state index in [4.69, 9.17) is 4.74 Å². The van der Waals surface area contributed by atoms with Crippen LogP contribution in [0.25, 0.3) is 0 Å². The largest absolute Gasteiger partial charge is 0.462 e. The van der Waals surface area contributed by atoms with Crippen LogP contribution < -0.4 is 5.32 Å². The van der Waals surface area contributed by atoms with E-state index in [1.54, 1.807) is 6.92 Å². The summed E-state index contributed by atoms with van der Waals surface area (Å²) in [5.41, 5.74) is 3.44. The topological polar surface area (TPSA) is 60.3 Å². The van der Waals surface area contributed by atoms with Gasteiger partial charge in [0.2, 0.25) is 5.91 Å². The van der Waals surface area contributed by atoms with E-state index in [0.29, 0.717) is 31.6 Å². The summed E-state index contributed by atoms with van der Waals surface area (Å²) in [5, 5.41) is 2.87. The van der Waals surface area contributed by atoms with Gasteiger partial charge in [-0.3, -0.25) is 4.79 Å². The maximum atomic E-state index is 12.0. The summed E-state index contributed by atoms with van der Waals surface area (Å²) in [4.78, 5) is 23.7. The Morgan fingerprint density at radius 1 is 1.24 bits per heavy atom. The maximum Gasteiger partial charge on any atom is 0.340 e. The minimum absolute atomic E-state index is 0.0489. The fraction of sp³-hybridized carbons (Fsp3) is 0.625. The van der Waals surface area contributed by atoms with Crippen molar-refractivity contribution in [2.45, 2.75) is 47.0 Å². The van der Waals surface area contributed by atoms with Crippen molar-refractivity contribution in [1.82, 2.24) is 9.88 Å². The molecule has 0 aromatic carbocycles. The summed E-state index contributed by atoms with van der Waals surface area (Å²) < 4.78 is 7.09. The number of nitrogens with one attached hydrogen (secondary N) is 1. The van der Waals surface area contributed by atoms with Gasteiger partial charge >= 0.3 is 5.97 Å². The molecule has 1 heterocycles. The molecule has 21 heavy (non-hydrogen) atoms. The van der Waals surface area contributed by atoms with E-state index >= 15 is 0 Å². The van der Waals surface area contributed by atoms with Crippen LogP contribution >= 0.6 is 0 Å². The third-order valence-electron chi connectivity index (χ3n) is 3.72. The van der Waals surface area contributed by atoms with Crippen molar-refractivity contribution in [2.75, 3.05) is 13.2 Å². The molecule has 0 unspecified atom stereocenters. The van der Waals surface area contributed by atoms with Crippen LogP contribution in [0.2, 0.25) is 0 Å². The number of ether oxygens (including phenoxy) is 1. The van der Waals surface area contributed by atoms with E-state index < -0.39 is 0 Å². The molecule has 0 aliphatic heterocycles. The number of carbonyl (C=O) groups excluding carboxylic acids is 2. The zero-order valence-electron chi connectivity index (χ0n) is 13.7. The summed E-state index contributed by atoms with van der Waals surface area (Å²) in [5.74, 6) is -0.238. The van der Waals surface area contributed by atoms with E-state index in [1.807, 2.05) is 32.4 Å². The predicted molar refractivity (Wildman–Crippen MR) is 82.5 cm³/mol. The van der Waals surface area contributed by atoms with Gasteiger partial charge in [0, 0.05) is 31.4 Å². The van der Waals surface area contributed by atoms with Gasteiger partial charge in [-0.2, -0.15) is 0 Å². The van der Waals surface area contributed by atoms with Gasteiger partial charge in [0.1, 0.15) is 0 Å². The molecule has 1 aromatic heterocycles. The van der Waals surface area contributed by atoms with Gasteiger partial charge in [0.15, 0.2) is 0 Å². The fourth-order valence-corrected chi connectivity index (χ4v) is 2.48. The summed E-state index contributed by atoms with van der Waals surface area (Å²) in [6.07, 6.45) is 1.99. The lowest BCUT2D eigenvalue weighted by Crippen LogP contribution is -2.24. The second kappa shape index (κ2) is 7.86. The molecule has 1 N–H and O–H groups in total. The van der Waals surface area contributed by atoms with Crippen LogP contribution in [-0.2, 0) is 23.0 Å². The summed E-state index contributed by atoms with van der Waals surface area (Å²) in [6.45, 7) is 8.71. The van der Waals surface area contributed by atoms with Crippen molar-refractivity contribution >= 4 is 11.9 Å². The number of nitrogens with zero attached hydrogens (tertiary/aromatic N) is 1. The minimum atomic E-state index is -0.287. The van der Waals surface area contributed by atoms with Gasteiger partial charge in [-0.15, -0.1) is 0 Å². The molecule has 1 amide bonds. The molecule has 1 aromatic rings. The standard InChI is InChI=1S/C16H26N2O3/c1-6-10-17-14(19)9-8-13-11(3)15(12(4)18(13)5)16(20)21-7-2/h6-10H2,1-5H3,(H,17,19). The number of hydrogen-bond donors (Lipinski definition) is 1. The van der Waals surface area contributed by atoms with Crippen molar-refractivity contribution < 1.29 is 14.3 Å². The monoisotopic (exact) mass is 294 g/mol. The molecular weight excluding hydrogens is 268 g/mol. The molecule has 1 rings (SSSR count). The highest BCUT2D eigenvalue weighted by atomic mass is 16.5. The van der Waals surface area contributed by atoms with Crippen molar-refractivity contribution in [3.05, 3.63) is 22.5 Å². The molecule has 118 valence electrons. The molecule has 0 aliphatic rings. The second-order valence-electron chi connectivity index (χ2n) is 5.16. The second-order valence-corrected chi connectivity index (χ2v) is 5.16. The molecule has 0 saturated carbocycles. The number of hydrogen-bond acceptors (Lipinski definition) is 3. The van der Waals surface area contributed by atoms with E-state index in [-0.39, 0.29) is 11.9 Å². The van der Waals surface area contributed by atoms with Crippen LogP contribution in [0.15, 0.2) is 0 Å². The van der Waals surface area contributed by atoms with Crippen LogP contribution in [0, 0.1) is 13.8 Å². The molecule has 0 saturated heterocycles. The average Bonchev–Trinajstić information content (AvgIpc) is 2.65. The lowest BCUT2D eigenvalue weighted by Gasteiger charge is -2.07. The molecule has 5 nitrogen and oxygen atoms in total. The van der Waals surface area contributed by atoms with Gasteiger partial charge in [0.25, 0.3) is 0 Å². The highest BCUT2D eigenvalue weighted by Crippen LogP contribution is 2.23. The minimum Gasteiger partial charge on any atom is -0.462 e. The molecule has 0 radical (unpaired) electrons. The van der Waals surface area contributed by atoms with E-state index in [2.05, 4.69) is 5.32 Å². The van der Waals surface area contributed by atoms with Crippen molar-refractivity contribution in [3.63, 3.8) is 0 Å². The molecule has 5 heteroatoms. The third kappa shape index (κ3) is 4.09. The van der Waals surface area contributed by atoms with Gasteiger partial charge < -0.3 is 14.6 Å². The number of carbonyl (C=O) groups is 2. The third-order valence-corrected chi connectivity index (χ3v) is 3.72. The van der Waals surface area contributed by atoms with Crippen molar-refractivity contribution in [2.24, 2.45) is 7.05 Å². The summed E-state index contributed by atoms with van der Waals surface area (Å²) >= 11 is 0. The Hall–Kier alpha value is -1.78. The van der Waals surface area contributed by atoms with Crippen LogP contribution in [0.1, 0.15) is 54.0 Å². The van der Waals surface area contributed by atoms with Gasteiger partial charge in [0.05, 0.1) is 12.2 Å². The first-order valence-corrected chi connectivity index (χ1v) is 7.52. The van der Waals surface area contributed by atoms with E-state index in [9.17, 15) is 9.59 Å². The Morgan fingerprint density at radius 2 is 1.90 bits per heavy atom. The van der Waals surface area contributed by atoms with Gasteiger partial charge in [-0.05, 0) is 39.2 Å². The first kappa shape index (κ1) is 17.3. The number of amides is 1. The SMILES string of the molecule is CCCNC(=O)CCc1c(C)c(C(=O)OCC)c(C)n1C. The summed E-state index contributed by atoms with van der Waals surface area (Å²) in [7, 11) is 1.92. The summed E-state index contributed by atoms with van der Waals surface area (Å²) in [6, 6.07) is 0. The quantitative estimate of drug-likeness (QED) is 0.785.